The Morgan fingerprint density at radius 2 is 0.914 bits per heavy atom. The van der Waals surface area contributed by atoms with Crippen LogP contribution in [0.15, 0.2) is 23.8 Å². The third-order valence-corrected chi connectivity index (χ3v) is 6.05. The Hall–Kier alpha value is -1.66. The van der Waals surface area contributed by atoms with Gasteiger partial charge in [-0.1, -0.05) is 116 Å². The van der Waals surface area contributed by atoms with Gasteiger partial charge in [-0.25, -0.2) is 9.59 Å². The van der Waals surface area contributed by atoms with Gasteiger partial charge in [0.15, 0.2) is 0 Å². The molecule has 1 unspecified atom stereocenters. The van der Waals surface area contributed by atoms with Crippen LogP contribution in [0, 0.1) is 0 Å². The number of unbranched alkanes of at least 4 members (excludes halogenated alkanes) is 17. The van der Waals surface area contributed by atoms with E-state index in [1.807, 2.05) is 0 Å². The first-order valence-corrected chi connectivity index (χ1v) is 13.8. The quantitative estimate of drug-likeness (QED) is 0.0860. The summed E-state index contributed by atoms with van der Waals surface area (Å²) in [6, 6.07) is 0. The molecule has 0 saturated heterocycles. The lowest BCUT2D eigenvalue weighted by Crippen LogP contribution is -2.06. The Morgan fingerprint density at radius 3 is 1.17 bits per heavy atom. The van der Waals surface area contributed by atoms with E-state index in [0.717, 1.165) is 19.3 Å². The average Bonchev–Trinajstić information content (AvgIpc) is 2.80. The Bertz CT molecular complexity index is 543. The van der Waals surface area contributed by atoms with Gasteiger partial charge in [0.2, 0.25) is 0 Å². The largest absolute Gasteiger partial charge is 0.478 e. The monoisotopic (exact) mass is 498 g/mol. The molecule has 0 fully saturated rings. The first-order chi connectivity index (χ1) is 16.7. The highest BCUT2D eigenvalue weighted by molar-refractivity contribution is 5.85. The molecule has 0 aromatic rings. The molecule has 0 spiro atoms. The van der Waals surface area contributed by atoms with Crippen molar-refractivity contribution < 1.29 is 30.0 Å². The highest BCUT2D eigenvalue weighted by Gasteiger charge is 2.05. The number of carboxylic acid groups (broad SMARTS) is 2. The van der Waals surface area contributed by atoms with Gasteiger partial charge in [0.05, 0.1) is 6.10 Å². The van der Waals surface area contributed by atoms with Crippen molar-refractivity contribution in [1.82, 2.24) is 0 Å². The molecule has 0 bridgehead atoms. The second kappa shape index (κ2) is 26.9. The van der Waals surface area contributed by atoms with Gasteiger partial charge in [-0.15, -0.1) is 0 Å². The molecule has 0 aliphatic rings. The van der Waals surface area contributed by atoms with Crippen molar-refractivity contribution in [2.75, 3.05) is 6.61 Å². The molecule has 0 saturated carbocycles. The van der Waals surface area contributed by atoms with Crippen molar-refractivity contribution in [3.05, 3.63) is 23.8 Å². The van der Waals surface area contributed by atoms with Crippen LogP contribution in [0.2, 0.25) is 0 Å². The number of hydrogen-bond donors (Lipinski definition) is 4. The summed E-state index contributed by atoms with van der Waals surface area (Å²) in [5, 5.41) is 35.2. The second-order valence-corrected chi connectivity index (χ2v) is 9.68. The van der Waals surface area contributed by atoms with Crippen molar-refractivity contribution in [2.45, 2.75) is 142 Å². The zero-order valence-electron chi connectivity index (χ0n) is 22.6. The summed E-state index contributed by atoms with van der Waals surface area (Å²) in [7, 11) is 0. The lowest BCUT2D eigenvalue weighted by Gasteiger charge is -2.06. The molecule has 0 rings (SSSR count). The number of carbonyl (C=O) groups is 2. The zero-order chi connectivity index (χ0) is 26.7. The Kier molecular flexibility index (Phi) is 27.3. The van der Waals surface area contributed by atoms with Gasteiger partial charge in [0, 0.05) is 17.8 Å². The molecule has 35 heavy (non-hydrogen) atoms. The minimum absolute atomic E-state index is 0.176. The molecule has 0 radical (unpaired) electrons. The first kappa shape index (κ1) is 35.5. The van der Waals surface area contributed by atoms with E-state index in [1.165, 1.54) is 116 Å². The van der Waals surface area contributed by atoms with Crippen molar-refractivity contribution in [3.63, 3.8) is 0 Å². The molecule has 0 amide bonds. The van der Waals surface area contributed by atoms with Crippen LogP contribution in [0.4, 0.5) is 0 Å². The molecule has 0 heterocycles. The summed E-state index contributed by atoms with van der Waals surface area (Å²) in [4.78, 5) is 20.3. The fourth-order valence-corrected chi connectivity index (χ4v) is 3.74. The molecule has 0 aromatic heterocycles. The van der Waals surface area contributed by atoms with Crippen LogP contribution in [0.1, 0.15) is 136 Å². The normalized spacial score (nSPS) is 12.1. The minimum Gasteiger partial charge on any atom is -0.478 e. The molecular weight excluding hydrogens is 444 g/mol. The average molecular weight is 499 g/mol. The van der Waals surface area contributed by atoms with E-state index in [-0.39, 0.29) is 11.1 Å². The Morgan fingerprint density at radius 1 is 0.629 bits per heavy atom. The van der Waals surface area contributed by atoms with Gasteiger partial charge < -0.3 is 20.4 Å². The number of carboxylic acids is 2. The third-order valence-electron chi connectivity index (χ3n) is 6.05. The highest BCUT2D eigenvalue weighted by Crippen LogP contribution is 2.15. The summed E-state index contributed by atoms with van der Waals surface area (Å²) in [6.07, 6.45) is 24.6. The van der Waals surface area contributed by atoms with Crippen LogP contribution in [-0.2, 0) is 9.59 Å². The smallest absolute Gasteiger partial charge is 0.331 e. The molecule has 0 aliphatic heterocycles. The maximum absolute atomic E-state index is 10.7. The molecular formula is C29H54O6. The van der Waals surface area contributed by atoms with Crippen LogP contribution in [0.25, 0.3) is 0 Å². The topological polar surface area (TPSA) is 115 Å². The molecule has 6 heteroatoms. The summed E-state index contributed by atoms with van der Waals surface area (Å²) >= 11 is 0. The van der Waals surface area contributed by atoms with Gasteiger partial charge in [-0.2, -0.15) is 0 Å². The maximum Gasteiger partial charge on any atom is 0.331 e. The van der Waals surface area contributed by atoms with Crippen LogP contribution in [0.3, 0.4) is 0 Å². The summed E-state index contributed by atoms with van der Waals surface area (Å²) < 4.78 is 0. The summed E-state index contributed by atoms with van der Waals surface area (Å²) in [5.41, 5.74) is 0.401. The molecule has 0 aromatic carbocycles. The fourth-order valence-electron chi connectivity index (χ4n) is 3.74. The second-order valence-electron chi connectivity index (χ2n) is 9.68. The van der Waals surface area contributed by atoms with Gasteiger partial charge in [0.25, 0.3) is 0 Å². The van der Waals surface area contributed by atoms with Crippen LogP contribution < -0.4 is 0 Å². The number of aliphatic carboxylic acids is 2. The van der Waals surface area contributed by atoms with Crippen LogP contribution in [0.5, 0.6) is 0 Å². The molecule has 0 aliphatic carbocycles. The number of hydrogen-bond acceptors (Lipinski definition) is 4. The van der Waals surface area contributed by atoms with E-state index < -0.39 is 18.0 Å². The van der Waals surface area contributed by atoms with Crippen molar-refractivity contribution in [3.8, 4) is 0 Å². The molecule has 206 valence electrons. The SMILES string of the molecule is C=C(C)C(=O)O.CC(=CC(O)CCCCCCCCCCCCCCCCCCCCO)C(=O)O. The highest BCUT2D eigenvalue weighted by atomic mass is 16.4. The third kappa shape index (κ3) is 30.3. The minimum atomic E-state index is -0.953. The van der Waals surface area contributed by atoms with Gasteiger partial charge in [-0.05, 0) is 32.8 Å². The van der Waals surface area contributed by atoms with Crippen molar-refractivity contribution in [1.29, 1.82) is 0 Å². The van der Waals surface area contributed by atoms with Gasteiger partial charge >= 0.3 is 11.9 Å². The zero-order valence-corrected chi connectivity index (χ0v) is 22.6. The van der Waals surface area contributed by atoms with Crippen LogP contribution in [-0.4, -0.2) is 45.1 Å². The van der Waals surface area contributed by atoms with E-state index in [9.17, 15) is 14.7 Å². The maximum atomic E-state index is 10.7. The molecule has 6 nitrogen and oxygen atoms in total. The van der Waals surface area contributed by atoms with E-state index in [0.29, 0.717) is 13.0 Å². The van der Waals surface area contributed by atoms with E-state index in [2.05, 4.69) is 6.58 Å². The predicted molar refractivity (Wildman–Crippen MR) is 145 cm³/mol. The number of rotatable bonds is 23. The lowest BCUT2D eigenvalue weighted by atomic mass is 10.0. The van der Waals surface area contributed by atoms with Gasteiger partial charge in [-0.3, -0.25) is 0 Å². The molecule has 4 N–H and O–H groups in total. The standard InChI is InChI=1S/C25H48O4.C4H6O2/c1-23(25(28)29)22-24(27)20-18-16-14-12-10-8-6-4-2-3-5-7-9-11-13-15-17-19-21-26;1-3(2)4(5)6/h22,24,26-27H,2-21H2,1H3,(H,28,29);1H2,2H3,(H,5,6). The number of aliphatic hydroxyl groups is 2. The summed E-state index contributed by atoms with van der Waals surface area (Å²) in [5.74, 6) is -1.89. The van der Waals surface area contributed by atoms with Crippen molar-refractivity contribution >= 4 is 11.9 Å². The van der Waals surface area contributed by atoms with E-state index in [4.69, 9.17) is 15.3 Å². The Balaban J connectivity index is 0. The van der Waals surface area contributed by atoms with Crippen molar-refractivity contribution in [2.24, 2.45) is 0 Å². The lowest BCUT2D eigenvalue weighted by molar-refractivity contribution is -0.133. The van der Waals surface area contributed by atoms with E-state index >= 15 is 0 Å². The van der Waals surface area contributed by atoms with Gasteiger partial charge in [0.1, 0.15) is 0 Å². The Labute approximate surface area is 214 Å². The fraction of sp³-hybridized carbons (Fsp3) is 0.793. The summed E-state index contributed by atoms with van der Waals surface area (Å²) in [6.45, 7) is 6.47. The molecule has 1 atom stereocenters. The first-order valence-electron chi connectivity index (χ1n) is 13.8. The van der Waals surface area contributed by atoms with Crippen LogP contribution >= 0.6 is 0 Å². The predicted octanol–water partition coefficient (Wildman–Crippen LogP) is 7.43. The number of aliphatic hydroxyl groups excluding tert-OH is 2. The van der Waals surface area contributed by atoms with E-state index in [1.54, 1.807) is 0 Å².